The van der Waals surface area contributed by atoms with Crippen molar-refractivity contribution in [1.29, 1.82) is 0 Å². The molecular weight excluding hydrogens is 252 g/mol. The normalized spacial score (nSPS) is 21.9. The molecule has 20 heavy (non-hydrogen) atoms. The van der Waals surface area contributed by atoms with Crippen LogP contribution in [0, 0.1) is 5.92 Å². The predicted octanol–water partition coefficient (Wildman–Crippen LogP) is 1.44. The number of rotatable bonds is 6. The highest BCUT2D eigenvalue weighted by Crippen LogP contribution is 2.14. The van der Waals surface area contributed by atoms with Crippen LogP contribution in [0.2, 0.25) is 0 Å². The molecule has 2 unspecified atom stereocenters. The van der Waals surface area contributed by atoms with E-state index in [2.05, 4.69) is 24.3 Å². The fraction of sp³-hybridized carbons (Fsp3) is 0.562. The first-order valence-electron chi connectivity index (χ1n) is 7.30. The lowest BCUT2D eigenvalue weighted by Gasteiger charge is -2.22. The zero-order chi connectivity index (χ0) is 14.4. The minimum Gasteiger partial charge on any atom is -0.379 e. The molecule has 1 aromatic rings. The third kappa shape index (κ3) is 4.05. The van der Waals surface area contributed by atoms with Gasteiger partial charge in [0, 0.05) is 19.6 Å². The van der Waals surface area contributed by atoms with Gasteiger partial charge in [-0.05, 0) is 24.8 Å². The van der Waals surface area contributed by atoms with Crippen LogP contribution in [0.5, 0.6) is 0 Å². The maximum Gasteiger partial charge on any atom is 0.229 e. The lowest BCUT2D eigenvalue weighted by molar-refractivity contribution is -0.134. The molecule has 1 aliphatic rings. The summed E-state index contributed by atoms with van der Waals surface area (Å²) in [6.07, 6.45) is 3.17. The number of hydrogen-bond acceptors (Lipinski definition) is 3. The fourth-order valence-electron chi connectivity index (χ4n) is 2.54. The highest BCUT2D eigenvalue weighted by Gasteiger charge is 2.32. The van der Waals surface area contributed by atoms with Gasteiger partial charge in [-0.2, -0.15) is 0 Å². The number of amides is 1. The number of hydrogen-bond donors (Lipinski definition) is 1. The Kier molecular flexibility index (Phi) is 5.56. The van der Waals surface area contributed by atoms with E-state index < -0.39 is 0 Å². The molecule has 1 fully saturated rings. The van der Waals surface area contributed by atoms with Crippen molar-refractivity contribution in [2.24, 2.45) is 11.7 Å². The van der Waals surface area contributed by atoms with Gasteiger partial charge < -0.3 is 15.4 Å². The van der Waals surface area contributed by atoms with E-state index in [-0.39, 0.29) is 17.9 Å². The molecule has 1 aromatic carbocycles. The lowest BCUT2D eigenvalue weighted by atomic mass is 10.0. The van der Waals surface area contributed by atoms with Gasteiger partial charge in [0.15, 0.2) is 0 Å². The largest absolute Gasteiger partial charge is 0.379 e. The average Bonchev–Trinajstić information content (AvgIpc) is 2.90. The maximum absolute atomic E-state index is 12.2. The van der Waals surface area contributed by atoms with Crippen molar-refractivity contribution in [2.45, 2.75) is 25.3 Å². The van der Waals surface area contributed by atoms with Gasteiger partial charge in [0.2, 0.25) is 5.91 Å². The Hall–Kier alpha value is -1.39. The summed E-state index contributed by atoms with van der Waals surface area (Å²) in [5.41, 5.74) is 7.23. The van der Waals surface area contributed by atoms with E-state index in [0.29, 0.717) is 13.2 Å². The molecule has 0 aliphatic carbocycles. The summed E-state index contributed by atoms with van der Waals surface area (Å²) in [6, 6.07) is 10.3. The number of unbranched alkanes of at least 4 members (excludes halogenated alkanes) is 1. The summed E-state index contributed by atoms with van der Waals surface area (Å²) in [6.45, 7) is 1.75. The third-order valence-corrected chi connectivity index (χ3v) is 3.87. The molecule has 1 heterocycles. The van der Waals surface area contributed by atoms with E-state index in [0.717, 1.165) is 25.8 Å². The van der Waals surface area contributed by atoms with Gasteiger partial charge in [-0.3, -0.25) is 4.79 Å². The van der Waals surface area contributed by atoms with Crippen molar-refractivity contribution in [2.75, 3.05) is 26.8 Å². The van der Waals surface area contributed by atoms with E-state index in [9.17, 15) is 4.79 Å². The Morgan fingerprint density at radius 1 is 1.30 bits per heavy atom. The van der Waals surface area contributed by atoms with Crippen LogP contribution in [-0.2, 0) is 16.0 Å². The molecule has 4 heteroatoms. The van der Waals surface area contributed by atoms with Gasteiger partial charge in [-0.15, -0.1) is 0 Å². The second-order valence-electron chi connectivity index (χ2n) is 5.51. The van der Waals surface area contributed by atoms with Gasteiger partial charge in [0.1, 0.15) is 0 Å². The molecular formula is C16H24N2O2. The van der Waals surface area contributed by atoms with Crippen LogP contribution in [0.15, 0.2) is 30.3 Å². The van der Waals surface area contributed by atoms with E-state index in [1.807, 2.05) is 13.1 Å². The Morgan fingerprint density at radius 3 is 2.70 bits per heavy atom. The zero-order valence-corrected chi connectivity index (χ0v) is 12.1. The molecule has 0 aromatic heterocycles. The van der Waals surface area contributed by atoms with Crippen molar-refractivity contribution in [3.8, 4) is 0 Å². The summed E-state index contributed by atoms with van der Waals surface area (Å²) in [5.74, 6) is -0.0381. The molecule has 1 saturated heterocycles. The van der Waals surface area contributed by atoms with Gasteiger partial charge in [-0.1, -0.05) is 30.3 Å². The number of nitrogens with zero attached hydrogens (tertiary/aromatic N) is 1. The molecule has 0 spiro atoms. The molecule has 0 radical (unpaired) electrons. The van der Waals surface area contributed by atoms with Crippen LogP contribution < -0.4 is 5.73 Å². The van der Waals surface area contributed by atoms with Crippen molar-refractivity contribution in [1.82, 2.24) is 4.90 Å². The van der Waals surface area contributed by atoms with Crippen LogP contribution in [-0.4, -0.2) is 43.7 Å². The van der Waals surface area contributed by atoms with E-state index in [1.54, 1.807) is 4.90 Å². The minimum atomic E-state index is -0.158. The Labute approximate surface area is 120 Å². The van der Waals surface area contributed by atoms with Gasteiger partial charge in [-0.25, -0.2) is 0 Å². The summed E-state index contributed by atoms with van der Waals surface area (Å²) >= 11 is 0. The minimum absolute atomic E-state index is 0.120. The molecule has 2 rings (SSSR count). The SMILES string of the molecule is CN(CCCCc1ccccc1)C(=O)C1COCC1N. The highest BCUT2D eigenvalue weighted by atomic mass is 16.5. The van der Waals surface area contributed by atoms with Crippen molar-refractivity contribution in [3.05, 3.63) is 35.9 Å². The first-order valence-corrected chi connectivity index (χ1v) is 7.30. The predicted molar refractivity (Wildman–Crippen MR) is 79.3 cm³/mol. The van der Waals surface area contributed by atoms with Crippen molar-refractivity contribution in [3.63, 3.8) is 0 Å². The zero-order valence-electron chi connectivity index (χ0n) is 12.1. The van der Waals surface area contributed by atoms with Gasteiger partial charge >= 0.3 is 0 Å². The van der Waals surface area contributed by atoms with Crippen molar-refractivity contribution < 1.29 is 9.53 Å². The van der Waals surface area contributed by atoms with Crippen LogP contribution in [0.3, 0.4) is 0 Å². The number of benzene rings is 1. The number of ether oxygens (including phenoxy) is 1. The number of aryl methyl sites for hydroxylation is 1. The molecule has 1 amide bonds. The summed E-state index contributed by atoms with van der Waals surface area (Å²) < 4.78 is 5.25. The van der Waals surface area contributed by atoms with E-state index >= 15 is 0 Å². The van der Waals surface area contributed by atoms with E-state index in [1.165, 1.54) is 5.56 Å². The Balaban J connectivity index is 1.67. The molecule has 2 atom stereocenters. The molecule has 4 nitrogen and oxygen atoms in total. The Bertz CT molecular complexity index is 422. The van der Waals surface area contributed by atoms with Crippen LogP contribution in [0.25, 0.3) is 0 Å². The standard InChI is InChI=1S/C16H24N2O2/c1-18(16(19)14-11-20-12-15(14)17)10-6-5-9-13-7-3-2-4-8-13/h2-4,7-8,14-15H,5-6,9-12,17H2,1H3. The van der Waals surface area contributed by atoms with Gasteiger partial charge in [0.05, 0.1) is 19.1 Å². The van der Waals surface area contributed by atoms with Crippen LogP contribution in [0.4, 0.5) is 0 Å². The molecule has 110 valence electrons. The third-order valence-electron chi connectivity index (χ3n) is 3.87. The Morgan fingerprint density at radius 2 is 2.05 bits per heavy atom. The summed E-state index contributed by atoms with van der Waals surface area (Å²) in [5, 5.41) is 0. The van der Waals surface area contributed by atoms with E-state index in [4.69, 9.17) is 10.5 Å². The van der Waals surface area contributed by atoms with Crippen LogP contribution >= 0.6 is 0 Å². The van der Waals surface area contributed by atoms with Crippen molar-refractivity contribution >= 4 is 5.91 Å². The number of carbonyl (C=O) groups is 1. The maximum atomic E-state index is 12.2. The monoisotopic (exact) mass is 276 g/mol. The number of nitrogens with two attached hydrogens (primary N) is 1. The molecule has 2 N–H and O–H groups in total. The lowest BCUT2D eigenvalue weighted by Crippen LogP contribution is -2.42. The van der Waals surface area contributed by atoms with Gasteiger partial charge in [0.25, 0.3) is 0 Å². The average molecular weight is 276 g/mol. The second kappa shape index (κ2) is 7.41. The summed E-state index contributed by atoms with van der Waals surface area (Å²) in [7, 11) is 1.86. The smallest absolute Gasteiger partial charge is 0.229 e. The fourth-order valence-corrected chi connectivity index (χ4v) is 2.54. The highest BCUT2D eigenvalue weighted by molar-refractivity contribution is 5.79. The summed E-state index contributed by atoms with van der Waals surface area (Å²) in [4.78, 5) is 14.0. The quantitative estimate of drug-likeness (QED) is 0.800. The molecule has 0 saturated carbocycles. The van der Waals surface area contributed by atoms with Crippen LogP contribution in [0.1, 0.15) is 18.4 Å². The first kappa shape index (κ1) is 15.0. The second-order valence-corrected chi connectivity index (χ2v) is 5.51. The topological polar surface area (TPSA) is 55.6 Å². The number of carbonyl (C=O) groups excluding carboxylic acids is 1. The molecule has 0 bridgehead atoms. The first-order chi connectivity index (χ1) is 9.68. The molecule has 1 aliphatic heterocycles.